The van der Waals surface area contributed by atoms with Gasteiger partial charge in [-0.3, -0.25) is 0 Å². The van der Waals surface area contributed by atoms with Gasteiger partial charge in [0.05, 0.1) is 13.2 Å². The average molecular weight is 149 g/mol. The van der Waals surface area contributed by atoms with E-state index in [1.165, 1.54) is 17.7 Å². The third-order valence-corrected chi connectivity index (χ3v) is 2.81. The lowest BCUT2D eigenvalue weighted by Crippen LogP contribution is -2.05. The van der Waals surface area contributed by atoms with E-state index in [9.17, 15) is 0 Å². The molecule has 0 bridgehead atoms. The van der Waals surface area contributed by atoms with Crippen molar-refractivity contribution in [2.45, 2.75) is 6.42 Å². The van der Waals surface area contributed by atoms with Gasteiger partial charge in [-0.15, -0.1) is 0 Å². The highest BCUT2D eigenvalue weighted by Gasteiger charge is 2.33. The van der Waals surface area contributed by atoms with Gasteiger partial charge in [-0.05, 0) is 23.6 Å². The Bertz CT molecular complexity index is 265. The van der Waals surface area contributed by atoms with Crippen LogP contribution in [0.1, 0.15) is 6.42 Å². The molecule has 1 fully saturated rings. The zero-order chi connectivity index (χ0) is 7.26. The lowest BCUT2D eigenvalue weighted by molar-refractivity contribution is 0.193. The quantitative estimate of drug-likeness (QED) is 0.550. The van der Waals surface area contributed by atoms with Gasteiger partial charge in [-0.2, -0.15) is 0 Å². The highest BCUT2D eigenvalue weighted by atomic mass is 16.5. The summed E-state index contributed by atoms with van der Waals surface area (Å²) in [7, 11) is 0. The van der Waals surface area contributed by atoms with Gasteiger partial charge < -0.3 is 10.1 Å². The van der Waals surface area contributed by atoms with Crippen molar-refractivity contribution in [1.29, 1.82) is 0 Å². The Kier molecular flexibility index (Phi) is 1.00. The monoisotopic (exact) mass is 149 g/mol. The second-order valence-electron chi connectivity index (χ2n) is 3.40. The van der Waals surface area contributed by atoms with Crippen LogP contribution in [0.3, 0.4) is 0 Å². The third kappa shape index (κ3) is 0.653. The van der Waals surface area contributed by atoms with Gasteiger partial charge in [-0.1, -0.05) is 0 Å². The second kappa shape index (κ2) is 1.89. The number of hydrogen-bond donors (Lipinski definition) is 1. The molecule has 0 aromatic rings. The van der Waals surface area contributed by atoms with Crippen molar-refractivity contribution in [3.63, 3.8) is 0 Å². The fourth-order valence-corrected chi connectivity index (χ4v) is 2.24. The Morgan fingerprint density at radius 1 is 1.55 bits per heavy atom. The van der Waals surface area contributed by atoms with E-state index in [1.54, 1.807) is 5.57 Å². The van der Waals surface area contributed by atoms with Crippen molar-refractivity contribution < 1.29 is 4.74 Å². The number of nitrogens with one attached hydrogen (secondary N) is 1. The van der Waals surface area contributed by atoms with E-state index < -0.39 is 0 Å². The molecule has 11 heavy (non-hydrogen) atoms. The summed E-state index contributed by atoms with van der Waals surface area (Å²) >= 11 is 0. The Labute approximate surface area is 65.9 Å². The molecule has 0 radical (unpaired) electrons. The first-order valence-corrected chi connectivity index (χ1v) is 4.20. The van der Waals surface area contributed by atoms with Crippen LogP contribution in [-0.2, 0) is 4.74 Å². The third-order valence-electron chi connectivity index (χ3n) is 2.81. The molecule has 1 aliphatic carbocycles. The van der Waals surface area contributed by atoms with Crippen LogP contribution in [0, 0.1) is 5.92 Å². The summed E-state index contributed by atoms with van der Waals surface area (Å²) in [6.07, 6.45) is 3.50. The molecule has 2 nitrogen and oxygen atoms in total. The zero-order valence-corrected chi connectivity index (χ0v) is 6.39. The number of hydrogen-bond acceptors (Lipinski definition) is 2. The minimum absolute atomic E-state index is 0.653. The minimum Gasteiger partial charge on any atom is -0.385 e. The maximum absolute atomic E-state index is 5.39. The molecule has 0 spiro atoms. The van der Waals surface area contributed by atoms with Gasteiger partial charge in [0.15, 0.2) is 0 Å². The predicted molar refractivity (Wildman–Crippen MR) is 42.0 cm³/mol. The van der Waals surface area contributed by atoms with Crippen LogP contribution in [0.5, 0.6) is 0 Å². The molecule has 0 saturated carbocycles. The van der Waals surface area contributed by atoms with Crippen molar-refractivity contribution in [2.75, 3.05) is 19.8 Å². The van der Waals surface area contributed by atoms with Crippen LogP contribution < -0.4 is 5.32 Å². The van der Waals surface area contributed by atoms with E-state index in [0.29, 0.717) is 5.92 Å². The molecule has 2 heteroatoms. The van der Waals surface area contributed by atoms with Gasteiger partial charge in [0, 0.05) is 18.2 Å². The predicted octanol–water partition coefficient (Wildman–Crippen LogP) is 0.820. The van der Waals surface area contributed by atoms with Gasteiger partial charge in [0.25, 0.3) is 0 Å². The molecule has 1 atom stereocenters. The lowest BCUT2D eigenvalue weighted by Gasteiger charge is -2.04. The Hall–Kier alpha value is -0.760. The normalized spacial score (nSPS) is 33.5. The fourth-order valence-electron chi connectivity index (χ4n) is 2.24. The molecule has 2 heterocycles. The molecular formula is C9H11NO. The summed E-state index contributed by atoms with van der Waals surface area (Å²) in [5.74, 6) is 0.653. The summed E-state index contributed by atoms with van der Waals surface area (Å²) in [6.45, 7) is 2.91. The number of rotatable bonds is 0. The molecule has 1 saturated heterocycles. The molecule has 1 N–H and O–H groups in total. The van der Waals surface area contributed by atoms with Crippen LogP contribution >= 0.6 is 0 Å². The summed E-state index contributed by atoms with van der Waals surface area (Å²) in [4.78, 5) is 0. The minimum atomic E-state index is 0.653. The van der Waals surface area contributed by atoms with E-state index in [-0.39, 0.29) is 0 Å². The van der Waals surface area contributed by atoms with Crippen molar-refractivity contribution in [1.82, 2.24) is 5.32 Å². The first-order chi connectivity index (χ1) is 5.45. The molecule has 58 valence electrons. The maximum atomic E-state index is 5.39. The lowest BCUT2D eigenvalue weighted by atomic mass is 9.97. The first-order valence-electron chi connectivity index (χ1n) is 4.20. The van der Waals surface area contributed by atoms with Crippen LogP contribution in [0.4, 0.5) is 0 Å². The SMILES string of the molecule is C1=C2COCC2C2=C1NCC2. The van der Waals surface area contributed by atoms with Crippen LogP contribution in [-0.4, -0.2) is 19.8 Å². The molecular weight excluding hydrogens is 138 g/mol. The standard InChI is InChI=1S/C9H11NO/c1-2-10-9-3-6-4-11-5-8(6)7(1)9/h3,8,10H,1-2,4-5H2. The topological polar surface area (TPSA) is 21.3 Å². The molecule has 0 amide bonds. The van der Waals surface area contributed by atoms with E-state index >= 15 is 0 Å². The molecule has 3 rings (SSSR count). The van der Waals surface area contributed by atoms with Gasteiger partial charge in [0.2, 0.25) is 0 Å². The van der Waals surface area contributed by atoms with E-state index in [4.69, 9.17) is 4.74 Å². The van der Waals surface area contributed by atoms with E-state index in [1.807, 2.05) is 0 Å². The Balaban J connectivity index is 2.02. The van der Waals surface area contributed by atoms with Crippen molar-refractivity contribution in [3.8, 4) is 0 Å². The Morgan fingerprint density at radius 3 is 3.55 bits per heavy atom. The first kappa shape index (κ1) is 5.84. The van der Waals surface area contributed by atoms with Crippen molar-refractivity contribution in [3.05, 3.63) is 22.9 Å². The highest BCUT2D eigenvalue weighted by Crippen LogP contribution is 2.38. The van der Waals surface area contributed by atoms with Crippen LogP contribution in [0.25, 0.3) is 0 Å². The number of fused-ring (bicyclic) bond motifs is 2. The highest BCUT2D eigenvalue weighted by molar-refractivity contribution is 5.45. The molecule has 0 aromatic heterocycles. The zero-order valence-electron chi connectivity index (χ0n) is 6.39. The average Bonchev–Trinajstić information content (AvgIpc) is 2.52. The van der Waals surface area contributed by atoms with Crippen molar-refractivity contribution in [2.24, 2.45) is 5.92 Å². The summed E-state index contributed by atoms with van der Waals surface area (Å²) < 4.78 is 5.39. The van der Waals surface area contributed by atoms with E-state index in [2.05, 4.69) is 11.4 Å². The number of ether oxygens (including phenoxy) is 1. The molecule has 1 unspecified atom stereocenters. The number of allylic oxidation sites excluding steroid dienone is 1. The van der Waals surface area contributed by atoms with Crippen LogP contribution in [0.2, 0.25) is 0 Å². The maximum Gasteiger partial charge on any atom is 0.0687 e. The largest absolute Gasteiger partial charge is 0.385 e. The smallest absolute Gasteiger partial charge is 0.0687 e. The molecule has 2 aliphatic heterocycles. The van der Waals surface area contributed by atoms with Crippen molar-refractivity contribution >= 4 is 0 Å². The summed E-state index contributed by atoms with van der Waals surface area (Å²) in [5, 5.41) is 3.39. The second-order valence-corrected chi connectivity index (χ2v) is 3.40. The van der Waals surface area contributed by atoms with Gasteiger partial charge in [0.1, 0.15) is 0 Å². The Morgan fingerprint density at radius 2 is 2.55 bits per heavy atom. The molecule has 3 aliphatic rings. The van der Waals surface area contributed by atoms with E-state index in [0.717, 1.165) is 19.8 Å². The summed E-state index contributed by atoms with van der Waals surface area (Å²) in [6, 6.07) is 0. The fraction of sp³-hybridized carbons (Fsp3) is 0.556. The van der Waals surface area contributed by atoms with Crippen LogP contribution in [0.15, 0.2) is 22.9 Å². The molecule has 0 aromatic carbocycles. The van der Waals surface area contributed by atoms with Gasteiger partial charge >= 0.3 is 0 Å². The van der Waals surface area contributed by atoms with Gasteiger partial charge in [-0.25, -0.2) is 0 Å². The summed E-state index contributed by atoms with van der Waals surface area (Å²) in [5.41, 5.74) is 4.48.